The van der Waals surface area contributed by atoms with Gasteiger partial charge in [0.15, 0.2) is 5.96 Å². The standard InChI is InChI=1S/C21H30F4N4/c1-26-19(28-14-20(8-9-20)17-3-2-4-18(22)13-17)27-10-5-16-6-11-29(12-7-16)15-21(23,24)25/h2-4,13,16H,5-12,14-15H2,1H3,(H2,26,27,28). The molecule has 0 bridgehead atoms. The summed E-state index contributed by atoms with van der Waals surface area (Å²) in [5, 5.41) is 6.64. The number of nitrogens with one attached hydrogen (secondary N) is 2. The predicted molar refractivity (Wildman–Crippen MR) is 107 cm³/mol. The molecule has 2 aliphatic rings. The molecule has 1 aromatic carbocycles. The molecule has 1 saturated carbocycles. The number of rotatable bonds is 7. The number of guanidine groups is 1. The quantitative estimate of drug-likeness (QED) is 0.406. The van der Waals surface area contributed by atoms with Crippen LogP contribution in [0.15, 0.2) is 29.3 Å². The molecule has 3 rings (SSSR count). The summed E-state index contributed by atoms with van der Waals surface area (Å²) in [5.41, 5.74) is 0.997. The third-order valence-corrected chi connectivity index (χ3v) is 6.06. The summed E-state index contributed by atoms with van der Waals surface area (Å²) < 4.78 is 50.9. The molecule has 1 aliphatic carbocycles. The van der Waals surface area contributed by atoms with Gasteiger partial charge in [-0.15, -0.1) is 0 Å². The van der Waals surface area contributed by atoms with Crippen LogP contribution >= 0.6 is 0 Å². The Hall–Kier alpha value is -1.83. The zero-order valence-corrected chi connectivity index (χ0v) is 16.9. The fourth-order valence-corrected chi connectivity index (χ4v) is 4.09. The lowest BCUT2D eigenvalue weighted by molar-refractivity contribution is -0.148. The Morgan fingerprint density at radius 1 is 1.21 bits per heavy atom. The van der Waals surface area contributed by atoms with Crippen LogP contribution < -0.4 is 10.6 Å². The van der Waals surface area contributed by atoms with Gasteiger partial charge < -0.3 is 10.6 Å². The second-order valence-electron chi connectivity index (χ2n) is 8.27. The van der Waals surface area contributed by atoms with E-state index in [0.29, 0.717) is 31.5 Å². The number of halogens is 4. The minimum Gasteiger partial charge on any atom is -0.356 e. The monoisotopic (exact) mass is 414 g/mol. The average molecular weight is 414 g/mol. The molecule has 1 aromatic rings. The van der Waals surface area contributed by atoms with Crippen molar-refractivity contribution in [1.82, 2.24) is 15.5 Å². The molecule has 1 aliphatic heterocycles. The lowest BCUT2D eigenvalue weighted by Crippen LogP contribution is -2.43. The van der Waals surface area contributed by atoms with Crippen LogP contribution in [0.1, 0.15) is 37.7 Å². The molecule has 1 saturated heterocycles. The normalized spacial score (nSPS) is 20.5. The first-order valence-electron chi connectivity index (χ1n) is 10.3. The summed E-state index contributed by atoms with van der Waals surface area (Å²) in [6.07, 6.45) is 0.444. The second kappa shape index (κ2) is 9.32. The highest BCUT2D eigenvalue weighted by molar-refractivity contribution is 5.79. The maximum absolute atomic E-state index is 13.5. The first-order chi connectivity index (χ1) is 13.8. The van der Waals surface area contributed by atoms with Gasteiger partial charge >= 0.3 is 6.18 Å². The summed E-state index contributed by atoms with van der Waals surface area (Å²) in [7, 11) is 1.71. The molecule has 0 spiro atoms. The third-order valence-electron chi connectivity index (χ3n) is 6.06. The van der Waals surface area contributed by atoms with Crippen LogP contribution in [0.4, 0.5) is 17.6 Å². The highest BCUT2D eigenvalue weighted by atomic mass is 19.4. The summed E-state index contributed by atoms with van der Waals surface area (Å²) in [6.45, 7) is 1.64. The molecular formula is C21H30F4N4. The number of piperidine rings is 1. The number of hydrogen-bond donors (Lipinski definition) is 2. The molecule has 8 heteroatoms. The Bertz CT molecular complexity index is 692. The Balaban J connectivity index is 1.36. The van der Waals surface area contributed by atoms with Gasteiger partial charge in [-0.25, -0.2) is 4.39 Å². The molecule has 0 unspecified atom stereocenters. The van der Waals surface area contributed by atoms with Crippen LogP contribution in [0.25, 0.3) is 0 Å². The maximum atomic E-state index is 13.5. The van der Waals surface area contributed by atoms with E-state index in [4.69, 9.17) is 0 Å². The second-order valence-corrected chi connectivity index (χ2v) is 8.27. The highest BCUT2D eigenvalue weighted by Crippen LogP contribution is 2.47. The summed E-state index contributed by atoms with van der Waals surface area (Å²) in [6, 6.07) is 6.79. The van der Waals surface area contributed by atoms with Crippen LogP contribution in [0, 0.1) is 11.7 Å². The number of nitrogens with zero attached hydrogens (tertiary/aromatic N) is 2. The summed E-state index contributed by atoms with van der Waals surface area (Å²) >= 11 is 0. The lowest BCUT2D eigenvalue weighted by atomic mass is 9.93. The minimum atomic E-state index is -4.11. The molecule has 0 atom stereocenters. The zero-order valence-electron chi connectivity index (χ0n) is 16.9. The van der Waals surface area contributed by atoms with E-state index in [1.54, 1.807) is 19.2 Å². The third kappa shape index (κ3) is 6.59. The van der Waals surface area contributed by atoms with Crippen molar-refractivity contribution >= 4 is 5.96 Å². The van der Waals surface area contributed by atoms with Crippen molar-refractivity contribution in [1.29, 1.82) is 0 Å². The Labute approximate surface area is 169 Å². The van der Waals surface area contributed by atoms with E-state index in [1.165, 1.54) is 11.0 Å². The van der Waals surface area contributed by atoms with Gasteiger partial charge in [0.2, 0.25) is 0 Å². The van der Waals surface area contributed by atoms with Crippen LogP contribution in [0.5, 0.6) is 0 Å². The smallest absolute Gasteiger partial charge is 0.356 e. The first-order valence-corrected chi connectivity index (χ1v) is 10.3. The van der Waals surface area contributed by atoms with E-state index < -0.39 is 12.7 Å². The van der Waals surface area contributed by atoms with E-state index in [0.717, 1.165) is 44.2 Å². The van der Waals surface area contributed by atoms with Crippen LogP contribution in [-0.4, -0.2) is 56.8 Å². The van der Waals surface area contributed by atoms with E-state index >= 15 is 0 Å². The molecular weight excluding hydrogens is 384 g/mol. The maximum Gasteiger partial charge on any atom is 0.401 e. The Morgan fingerprint density at radius 2 is 1.93 bits per heavy atom. The topological polar surface area (TPSA) is 39.7 Å². The van der Waals surface area contributed by atoms with E-state index in [2.05, 4.69) is 15.6 Å². The first kappa shape index (κ1) is 21.9. The number of hydrogen-bond acceptors (Lipinski definition) is 2. The van der Waals surface area contributed by atoms with Gasteiger partial charge in [-0.3, -0.25) is 9.89 Å². The van der Waals surface area contributed by atoms with Crippen molar-refractivity contribution in [2.24, 2.45) is 10.9 Å². The summed E-state index contributed by atoms with van der Waals surface area (Å²) in [5.74, 6) is 0.937. The molecule has 0 radical (unpaired) electrons. The van der Waals surface area contributed by atoms with Crippen molar-refractivity contribution in [2.75, 3.05) is 39.8 Å². The number of alkyl halides is 3. The van der Waals surface area contributed by atoms with Gasteiger partial charge in [0.05, 0.1) is 6.54 Å². The van der Waals surface area contributed by atoms with Gasteiger partial charge in [-0.05, 0) is 68.8 Å². The fraction of sp³-hybridized carbons (Fsp3) is 0.667. The van der Waals surface area contributed by atoms with Gasteiger partial charge in [0, 0.05) is 25.6 Å². The number of benzene rings is 1. The Kier molecular flexibility index (Phi) is 7.03. The molecule has 2 N–H and O–H groups in total. The fourth-order valence-electron chi connectivity index (χ4n) is 4.09. The van der Waals surface area contributed by atoms with Crippen LogP contribution in [-0.2, 0) is 5.41 Å². The number of aliphatic imine (C=N–C) groups is 1. The van der Waals surface area contributed by atoms with Crippen molar-refractivity contribution in [3.05, 3.63) is 35.6 Å². The summed E-state index contributed by atoms with van der Waals surface area (Å²) in [4.78, 5) is 5.74. The van der Waals surface area contributed by atoms with Crippen molar-refractivity contribution in [2.45, 2.75) is 43.7 Å². The molecule has 162 valence electrons. The van der Waals surface area contributed by atoms with E-state index in [-0.39, 0.29) is 11.2 Å². The predicted octanol–water partition coefficient (Wildman–Crippen LogP) is 3.69. The molecule has 0 amide bonds. The van der Waals surface area contributed by atoms with Crippen molar-refractivity contribution in [3.63, 3.8) is 0 Å². The van der Waals surface area contributed by atoms with Crippen molar-refractivity contribution in [3.8, 4) is 0 Å². The van der Waals surface area contributed by atoms with Gasteiger partial charge in [0.1, 0.15) is 5.82 Å². The van der Waals surface area contributed by atoms with Gasteiger partial charge in [-0.1, -0.05) is 12.1 Å². The molecule has 1 heterocycles. The Morgan fingerprint density at radius 3 is 2.52 bits per heavy atom. The van der Waals surface area contributed by atoms with E-state index in [9.17, 15) is 17.6 Å². The van der Waals surface area contributed by atoms with Crippen LogP contribution in [0.3, 0.4) is 0 Å². The zero-order chi connectivity index (χ0) is 20.9. The SMILES string of the molecule is CN=C(NCCC1CCN(CC(F)(F)F)CC1)NCC1(c2cccc(F)c2)CC1. The highest BCUT2D eigenvalue weighted by Gasteiger charge is 2.44. The molecule has 4 nitrogen and oxygen atoms in total. The average Bonchev–Trinajstić information content (AvgIpc) is 3.46. The van der Waals surface area contributed by atoms with Crippen molar-refractivity contribution < 1.29 is 17.6 Å². The molecule has 0 aromatic heterocycles. The minimum absolute atomic E-state index is 0.0228. The molecule has 2 fully saturated rings. The van der Waals surface area contributed by atoms with Gasteiger partial charge in [-0.2, -0.15) is 13.2 Å². The lowest BCUT2D eigenvalue weighted by Gasteiger charge is -2.32. The van der Waals surface area contributed by atoms with E-state index in [1.807, 2.05) is 6.07 Å². The van der Waals surface area contributed by atoms with Crippen LogP contribution in [0.2, 0.25) is 0 Å². The number of likely N-dealkylation sites (tertiary alicyclic amines) is 1. The largest absolute Gasteiger partial charge is 0.401 e. The molecule has 29 heavy (non-hydrogen) atoms. The van der Waals surface area contributed by atoms with Gasteiger partial charge in [0.25, 0.3) is 0 Å².